The van der Waals surface area contributed by atoms with E-state index in [1.54, 1.807) is 6.92 Å². The third kappa shape index (κ3) is 7.39. The summed E-state index contributed by atoms with van der Waals surface area (Å²) in [7, 11) is 0. The zero-order valence-corrected chi connectivity index (χ0v) is 12.3. The maximum absolute atomic E-state index is 10.9. The van der Waals surface area contributed by atoms with Crippen LogP contribution in [0.3, 0.4) is 0 Å². The number of rotatable bonds is 7. The SMILES string of the molecule is CC(=O)CCNc1cc(NCCC(C)(C)C)ncn1. The highest BCUT2D eigenvalue weighted by Crippen LogP contribution is 2.18. The Morgan fingerprint density at radius 3 is 2.26 bits per heavy atom. The fraction of sp³-hybridized carbons (Fsp3) is 0.643. The number of ketones is 1. The average Bonchev–Trinajstić information content (AvgIpc) is 2.27. The van der Waals surface area contributed by atoms with Crippen molar-refractivity contribution < 1.29 is 4.79 Å². The largest absolute Gasteiger partial charge is 0.370 e. The molecule has 0 aliphatic rings. The van der Waals surface area contributed by atoms with Gasteiger partial charge in [0.15, 0.2) is 0 Å². The Balaban J connectivity index is 2.41. The van der Waals surface area contributed by atoms with Gasteiger partial charge in [0.1, 0.15) is 23.7 Å². The summed E-state index contributed by atoms with van der Waals surface area (Å²) in [6.45, 7) is 9.71. The maximum atomic E-state index is 10.9. The van der Waals surface area contributed by atoms with Crippen molar-refractivity contribution in [1.82, 2.24) is 9.97 Å². The summed E-state index contributed by atoms with van der Waals surface area (Å²) in [5.74, 6) is 1.73. The average molecular weight is 264 g/mol. The van der Waals surface area contributed by atoms with Gasteiger partial charge in [-0.05, 0) is 18.8 Å². The van der Waals surface area contributed by atoms with Crippen molar-refractivity contribution in [3.63, 3.8) is 0 Å². The molecule has 0 radical (unpaired) electrons. The molecule has 0 bridgehead atoms. The van der Waals surface area contributed by atoms with E-state index in [1.165, 1.54) is 6.33 Å². The summed E-state index contributed by atoms with van der Waals surface area (Å²) in [6.07, 6.45) is 3.11. The normalized spacial score (nSPS) is 11.2. The van der Waals surface area contributed by atoms with E-state index in [0.717, 1.165) is 24.6 Å². The van der Waals surface area contributed by atoms with Crippen molar-refractivity contribution in [2.45, 2.75) is 40.5 Å². The van der Waals surface area contributed by atoms with Gasteiger partial charge in [0.25, 0.3) is 0 Å². The number of Topliss-reactive ketones (excluding diaryl/α,β-unsaturated/α-hetero) is 1. The molecular weight excluding hydrogens is 240 g/mol. The van der Waals surface area contributed by atoms with Crippen molar-refractivity contribution in [2.75, 3.05) is 23.7 Å². The number of carbonyl (C=O) groups excluding carboxylic acids is 1. The van der Waals surface area contributed by atoms with Crippen LogP contribution in [0.5, 0.6) is 0 Å². The minimum absolute atomic E-state index is 0.171. The Morgan fingerprint density at radius 2 is 1.74 bits per heavy atom. The van der Waals surface area contributed by atoms with Crippen molar-refractivity contribution in [3.05, 3.63) is 12.4 Å². The van der Waals surface area contributed by atoms with Crippen LogP contribution in [0, 0.1) is 5.41 Å². The molecule has 5 nitrogen and oxygen atoms in total. The van der Waals surface area contributed by atoms with E-state index in [-0.39, 0.29) is 5.78 Å². The first kappa shape index (κ1) is 15.4. The zero-order chi connectivity index (χ0) is 14.3. The molecule has 19 heavy (non-hydrogen) atoms. The molecule has 0 fully saturated rings. The molecule has 0 unspecified atom stereocenters. The number of nitrogens with one attached hydrogen (secondary N) is 2. The Labute approximate surface area is 115 Å². The Morgan fingerprint density at radius 1 is 1.16 bits per heavy atom. The Kier molecular flexibility index (Phi) is 5.73. The van der Waals surface area contributed by atoms with Crippen molar-refractivity contribution in [3.8, 4) is 0 Å². The van der Waals surface area contributed by atoms with E-state index < -0.39 is 0 Å². The highest BCUT2D eigenvalue weighted by molar-refractivity contribution is 5.75. The third-order valence-corrected chi connectivity index (χ3v) is 2.63. The van der Waals surface area contributed by atoms with Gasteiger partial charge in [-0.25, -0.2) is 9.97 Å². The molecule has 0 atom stereocenters. The highest BCUT2D eigenvalue weighted by atomic mass is 16.1. The quantitative estimate of drug-likeness (QED) is 0.792. The van der Waals surface area contributed by atoms with Crippen LogP contribution < -0.4 is 10.6 Å². The van der Waals surface area contributed by atoms with Gasteiger partial charge >= 0.3 is 0 Å². The van der Waals surface area contributed by atoms with E-state index in [1.807, 2.05) is 6.07 Å². The Hall–Kier alpha value is -1.65. The summed E-state index contributed by atoms with van der Waals surface area (Å²) < 4.78 is 0. The summed E-state index contributed by atoms with van der Waals surface area (Å²) in [4.78, 5) is 19.1. The lowest BCUT2D eigenvalue weighted by Crippen LogP contribution is -2.14. The monoisotopic (exact) mass is 264 g/mol. The number of aromatic nitrogens is 2. The number of hydrogen-bond acceptors (Lipinski definition) is 5. The van der Waals surface area contributed by atoms with Crippen LogP contribution >= 0.6 is 0 Å². The second-order valence-electron chi connectivity index (χ2n) is 5.90. The van der Waals surface area contributed by atoms with E-state index >= 15 is 0 Å². The predicted molar refractivity (Wildman–Crippen MR) is 78.4 cm³/mol. The van der Waals surface area contributed by atoms with Gasteiger partial charge in [-0.3, -0.25) is 4.79 Å². The molecule has 1 heterocycles. The van der Waals surface area contributed by atoms with Gasteiger partial charge in [0.05, 0.1) is 0 Å². The number of anilines is 2. The summed E-state index contributed by atoms with van der Waals surface area (Å²) >= 11 is 0. The molecule has 1 aromatic heterocycles. The van der Waals surface area contributed by atoms with E-state index in [9.17, 15) is 4.79 Å². The molecular formula is C14H24N4O. The third-order valence-electron chi connectivity index (χ3n) is 2.63. The molecule has 0 aliphatic carbocycles. The van der Waals surface area contributed by atoms with Crippen molar-refractivity contribution >= 4 is 17.4 Å². The first-order valence-corrected chi connectivity index (χ1v) is 6.66. The number of carbonyl (C=O) groups is 1. The highest BCUT2D eigenvalue weighted by Gasteiger charge is 2.09. The second-order valence-corrected chi connectivity index (χ2v) is 5.90. The summed E-state index contributed by atoms with van der Waals surface area (Å²) in [5.41, 5.74) is 0.308. The molecule has 5 heteroatoms. The molecule has 0 saturated heterocycles. The minimum atomic E-state index is 0.171. The molecule has 0 saturated carbocycles. The van der Waals surface area contributed by atoms with Gasteiger partial charge < -0.3 is 10.6 Å². The first-order valence-electron chi connectivity index (χ1n) is 6.66. The van der Waals surface area contributed by atoms with Gasteiger partial charge in [0.2, 0.25) is 0 Å². The van der Waals surface area contributed by atoms with Crippen LogP contribution in [0.4, 0.5) is 11.6 Å². The Bertz CT molecular complexity index is 412. The topological polar surface area (TPSA) is 66.9 Å². The van der Waals surface area contributed by atoms with Crippen LogP contribution in [-0.2, 0) is 4.79 Å². The molecule has 0 aromatic carbocycles. The summed E-state index contributed by atoms with van der Waals surface area (Å²) in [5, 5.41) is 6.39. The molecule has 0 amide bonds. The molecule has 2 N–H and O–H groups in total. The zero-order valence-electron chi connectivity index (χ0n) is 12.3. The maximum Gasteiger partial charge on any atom is 0.131 e. The molecule has 0 aliphatic heterocycles. The fourth-order valence-electron chi connectivity index (χ4n) is 1.48. The van der Waals surface area contributed by atoms with E-state index in [0.29, 0.717) is 18.4 Å². The van der Waals surface area contributed by atoms with Crippen molar-refractivity contribution in [2.24, 2.45) is 5.41 Å². The van der Waals surface area contributed by atoms with Crippen LogP contribution in [0.1, 0.15) is 40.5 Å². The van der Waals surface area contributed by atoms with Gasteiger partial charge in [0, 0.05) is 25.6 Å². The predicted octanol–water partition coefficient (Wildman–Crippen LogP) is 2.72. The van der Waals surface area contributed by atoms with Gasteiger partial charge in [-0.2, -0.15) is 0 Å². The van der Waals surface area contributed by atoms with Crippen LogP contribution in [0.15, 0.2) is 12.4 Å². The second kappa shape index (κ2) is 7.07. The molecule has 0 spiro atoms. The summed E-state index contributed by atoms with van der Waals surface area (Å²) in [6, 6.07) is 1.86. The standard InChI is InChI=1S/C14H24N4O/c1-11(19)5-7-15-12-9-13(18-10-17-12)16-8-6-14(2,3)4/h9-10H,5-8H2,1-4H3,(H2,15,16,17,18). The number of hydrogen-bond donors (Lipinski definition) is 2. The van der Waals surface area contributed by atoms with Gasteiger partial charge in [-0.1, -0.05) is 20.8 Å². The molecule has 1 rings (SSSR count). The van der Waals surface area contributed by atoms with E-state index in [2.05, 4.69) is 41.4 Å². The molecule has 106 valence electrons. The number of nitrogens with zero attached hydrogens (tertiary/aromatic N) is 2. The smallest absolute Gasteiger partial charge is 0.131 e. The first-order chi connectivity index (χ1) is 8.87. The van der Waals surface area contributed by atoms with Crippen LogP contribution in [0.2, 0.25) is 0 Å². The fourth-order valence-corrected chi connectivity index (χ4v) is 1.48. The lowest BCUT2D eigenvalue weighted by Gasteiger charge is -2.18. The van der Waals surface area contributed by atoms with Crippen molar-refractivity contribution in [1.29, 1.82) is 0 Å². The van der Waals surface area contributed by atoms with Crippen LogP contribution in [-0.4, -0.2) is 28.8 Å². The lowest BCUT2D eigenvalue weighted by molar-refractivity contribution is -0.116. The lowest BCUT2D eigenvalue weighted by atomic mass is 9.92. The minimum Gasteiger partial charge on any atom is -0.370 e. The van der Waals surface area contributed by atoms with E-state index in [4.69, 9.17) is 0 Å². The molecule has 1 aromatic rings. The van der Waals surface area contributed by atoms with Gasteiger partial charge in [-0.15, -0.1) is 0 Å². The van der Waals surface area contributed by atoms with Crippen LogP contribution in [0.25, 0.3) is 0 Å².